The Balaban J connectivity index is 2.01. The van der Waals surface area contributed by atoms with E-state index in [1.165, 1.54) is 11.3 Å². The summed E-state index contributed by atoms with van der Waals surface area (Å²) in [5, 5.41) is 5.43. The first-order chi connectivity index (χ1) is 14.1. The topological polar surface area (TPSA) is 77.5 Å². The summed E-state index contributed by atoms with van der Waals surface area (Å²) >= 11 is 7.54. The highest BCUT2D eigenvalue weighted by molar-refractivity contribution is 7.15. The van der Waals surface area contributed by atoms with Crippen LogP contribution in [-0.2, 0) is 4.74 Å². The fourth-order valence-electron chi connectivity index (χ4n) is 2.72. The van der Waals surface area contributed by atoms with Gasteiger partial charge in [0.25, 0.3) is 5.91 Å². The van der Waals surface area contributed by atoms with Gasteiger partial charge in [-0.15, -0.1) is 11.3 Å². The summed E-state index contributed by atoms with van der Waals surface area (Å²) in [6.07, 6.45) is 1.55. The predicted octanol–water partition coefficient (Wildman–Crippen LogP) is 5.29. The number of nitrogens with zero attached hydrogens (tertiary/aromatic N) is 1. The van der Waals surface area contributed by atoms with Crippen molar-refractivity contribution < 1.29 is 19.1 Å². The number of esters is 1. The van der Waals surface area contributed by atoms with E-state index >= 15 is 0 Å². The fraction of sp³-hybridized carbons (Fsp3) is 0.190. The van der Waals surface area contributed by atoms with Crippen molar-refractivity contribution in [3.05, 3.63) is 64.1 Å². The van der Waals surface area contributed by atoms with Gasteiger partial charge in [-0.3, -0.25) is 4.79 Å². The van der Waals surface area contributed by atoms with Crippen LogP contribution in [0.4, 0.5) is 5.00 Å². The molecule has 0 atom stereocenters. The third-order valence-corrected chi connectivity index (χ3v) is 5.18. The number of halogens is 1. The third-order valence-electron chi connectivity index (χ3n) is 3.96. The van der Waals surface area contributed by atoms with Crippen molar-refractivity contribution >= 4 is 39.8 Å². The number of aromatic nitrogens is 1. The number of ether oxygens (including phenoxy) is 2. The van der Waals surface area contributed by atoms with E-state index in [9.17, 15) is 9.59 Å². The van der Waals surface area contributed by atoms with Crippen LogP contribution in [0.3, 0.4) is 0 Å². The van der Waals surface area contributed by atoms with Crippen LogP contribution in [0.2, 0.25) is 5.02 Å². The Hall–Kier alpha value is -2.90. The summed E-state index contributed by atoms with van der Waals surface area (Å²) in [4.78, 5) is 29.6. The summed E-state index contributed by atoms with van der Waals surface area (Å²) in [5.41, 5.74) is 1.83. The summed E-state index contributed by atoms with van der Waals surface area (Å²) in [5.74, 6) is -0.733. The SMILES string of the molecule is CCOC(=O)c1c(-c2ccccc2Cl)csc1NC(=O)c1cccnc1OCC. The molecule has 1 N–H and O–H groups in total. The van der Waals surface area contributed by atoms with Crippen molar-refractivity contribution in [2.24, 2.45) is 0 Å². The number of rotatable bonds is 7. The molecule has 1 aromatic carbocycles. The van der Waals surface area contributed by atoms with Gasteiger partial charge in [0.15, 0.2) is 0 Å². The maximum Gasteiger partial charge on any atom is 0.341 e. The summed E-state index contributed by atoms with van der Waals surface area (Å²) in [7, 11) is 0. The Kier molecular flexibility index (Phi) is 6.85. The molecule has 2 aromatic heterocycles. The molecular formula is C21H19ClN2O4S. The van der Waals surface area contributed by atoms with Crippen LogP contribution in [0.1, 0.15) is 34.6 Å². The average molecular weight is 431 g/mol. The molecule has 3 aromatic rings. The quantitative estimate of drug-likeness (QED) is 0.515. The highest BCUT2D eigenvalue weighted by Crippen LogP contribution is 2.39. The first kappa shape index (κ1) is 20.8. The molecule has 1 amide bonds. The zero-order chi connectivity index (χ0) is 20.8. The molecule has 0 bridgehead atoms. The van der Waals surface area contributed by atoms with Gasteiger partial charge in [-0.2, -0.15) is 0 Å². The van der Waals surface area contributed by atoms with E-state index in [0.717, 1.165) is 0 Å². The standard InChI is InChI=1S/C21H19ClN2O4S/c1-3-27-19-14(9-7-11-23-19)18(25)24-20-17(21(26)28-4-2)15(12-29-20)13-8-5-6-10-16(13)22/h5-12H,3-4H2,1-2H3,(H,24,25). The number of carbonyl (C=O) groups is 2. The van der Waals surface area contributed by atoms with Crippen molar-refractivity contribution in [2.75, 3.05) is 18.5 Å². The van der Waals surface area contributed by atoms with Crippen molar-refractivity contribution in [3.8, 4) is 17.0 Å². The van der Waals surface area contributed by atoms with Gasteiger partial charge in [-0.05, 0) is 32.0 Å². The van der Waals surface area contributed by atoms with Crippen molar-refractivity contribution in [3.63, 3.8) is 0 Å². The molecule has 0 saturated heterocycles. The van der Waals surface area contributed by atoms with E-state index in [1.54, 1.807) is 36.7 Å². The molecule has 0 fully saturated rings. The lowest BCUT2D eigenvalue weighted by atomic mass is 10.0. The van der Waals surface area contributed by atoms with E-state index in [0.29, 0.717) is 27.8 Å². The lowest BCUT2D eigenvalue weighted by Gasteiger charge is -2.11. The van der Waals surface area contributed by atoms with E-state index in [1.807, 2.05) is 25.1 Å². The van der Waals surface area contributed by atoms with Crippen LogP contribution >= 0.6 is 22.9 Å². The van der Waals surface area contributed by atoms with E-state index in [4.69, 9.17) is 21.1 Å². The van der Waals surface area contributed by atoms with E-state index < -0.39 is 11.9 Å². The zero-order valence-corrected chi connectivity index (χ0v) is 17.5. The first-order valence-electron chi connectivity index (χ1n) is 8.99. The van der Waals surface area contributed by atoms with Crippen molar-refractivity contribution in [2.45, 2.75) is 13.8 Å². The van der Waals surface area contributed by atoms with Crippen LogP contribution < -0.4 is 10.1 Å². The van der Waals surface area contributed by atoms with Gasteiger partial charge in [0.05, 0.1) is 13.2 Å². The maximum absolute atomic E-state index is 12.9. The molecule has 2 heterocycles. The summed E-state index contributed by atoms with van der Waals surface area (Å²) in [6.45, 7) is 4.12. The predicted molar refractivity (Wildman–Crippen MR) is 114 cm³/mol. The number of nitrogens with one attached hydrogen (secondary N) is 1. The number of thiophene rings is 1. The van der Waals surface area contributed by atoms with Crippen molar-refractivity contribution in [1.82, 2.24) is 4.98 Å². The van der Waals surface area contributed by atoms with Crippen LogP contribution in [-0.4, -0.2) is 30.1 Å². The smallest absolute Gasteiger partial charge is 0.341 e. The number of amides is 1. The minimum Gasteiger partial charge on any atom is -0.477 e. The highest BCUT2D eigenvalue weighted by atomic mass is 35.5. The molecule has 0 aliphatic heterocycles. The second kappa shape index (κ2) is 9.54. The lowest BCUT2D eigenvalue weighted by Crippen LogP contribution is -2.16. The van der Waals surface area contributed by atoms with E-state index in [-0.39, 0.29) is 23.6 Å². The largest absolute Gasteiger partial charge is 0.477 e. The Bertz CT molecular complexity index is 1040. The number of hydrogen-bond acceptors (Lipinski definition) is 6. The summed E-state index contributed by atoms with van der Waals surface area (Å²) in [6, 6.07) is 10.4. The molecule has 8 heteroatoms. The molecule has 150 valence electrons. The maximum atomic E-state index is 12.9. The fourth-order valence-corrected chi connectivity index (χ4v) is 3.90. The second-order valence-electron chi connectivity index (χ2n) is 5.80. The minimum atomic E-state index is -0.532. The van der Waals surface area contributed by atoms with Gasteiger partial charge in [0.2, 0.25) is 5.88 Å². The molecular weight excluding hydrogens is 412 g/mol. The molecule has 0 spiro atoms. The molecule has 6 nitrogen and oxygen atoms in total. The van der Waals surface area contributed by atoms with Gasteiger partial charge in [0, 0.05) is 27.7 Å². The van der Waals surface area contributed by atoms with Crippen molar-refractivity contribution in [1.29, 1.82) is 0 Å². The van der Waals surface area contributed by atoms with Crippen LogP contribution in [0, 0.1) is 0 Å². The third kappa shape index (κ3) is 4.58. The van der Waals surface area contributed by atoms with Gasteiger partial charge in [0.1, 0.15) is 16.1 Å². The average Bonchev–Trinajstić information content (AvgIpc) is 3.12. The number of carbonyl (C=O) groups excluding carboxylic acids is 2. The number of benzene rings is 1. The normalized spacial score (nSPS) is 10.4. The second-order valence-corrected chi connectivity index (χ2v) is 7.08. The highest BCUT2D eigenvalue weighted by Gasteiger charge is 2.25. The van der Waals surface area contributed by atoms with Gasteiger partial charge in [-0.25, -0.2) is 9.78 Å². The van der Waals surface area contributed by atoms with Gasteiger partial charge < -0.3 is 14.8 Å². The van der Waals surface area contributed by atoms with Crippen LogP contribution in [0.15, 0.2) is 48.0 Å². The Morgan fingerprint density at radius 3 is 2.62 bits per heavy atom. The lowest BCUT2D eigenvalue weighted by molar-refractivity contribution is 0.0529. The molecule has 29 heavy (non-hydrogen) atoms. The Morgan fingerprint density at radius 2 is 1.90 bits per heavy atom. The molecule has 0 saturated carbocycles. The Morgan fingerprint density at radius 1 is 1.10 bits per heavy atom. The van der Waals surface area contributed by atoms with Crippen LogP contribution in [0.25, 0.3) is 11.1 Å². The summed E-state index contributed by atoms with van der Waals surface area (Å²) < 4.78 is 10.6. The molecule has 0 aliphatic rings. The molecule has 0 aliphatic carbocycles. The zero-order valence-electron chi connectivity index (χ0n) is 15.9. The van der Waals surface area contributed by atoms with Crippen LogP contribution in [0.5, 0.6) is 5.88 Å². The molecule has 0 unspecified atom stereocenters. The Labute approximate surface area is 177 Å². The number of anilines is 1. The monoisotopic (exact) mass is 430 g/mol. The number of pyridine rings is 1. The van der Waals surface area contributed by atoms with Gasteiger partial charge in [-0.1, -0.05) is 29.8 Å². The molecule has 3 rings (SSSR count). The van der Waals surface area contributed by atoms with E-state index in [2.05, 4.69) is 10.3 Å². The minimum absolute atomic E-state index is 0.209. The number of hydrogen-bond donors (Lipinski definition) is 1. The molecule has 0 radical (unpaired) electrons. The van der Waals surface area contributed by atoms with Gasteiger partial charge >= 0.3 is 5.97 Å². The first-order valence-corrected chi connectivity index (χ1v) is 10.2.